The van der Waals surface area contributed by atoms with E-state index in [2.05, 4.69) is 0 Å². The molecule has 1 aromatic heterocycles. The van der Waals surface area contributed by atoms with Crippen molar-refractivity contribution in [3.63, 3.8) is 0 Å². The maximum Gasteiger partial charge on any atom is 0.402 e. The largest absolute Gasteiger partial charge is 0.507 e. The second-order valence-corrected chi connectivity index (χ2v) is 14.0. The number of fused-ring (bicyclic) bond motifs is 1. The summed E-state index contributed by atoms with van der Waals surface area (Å²) >= 11 is 0. The van der Waals surface area contributed by atoms with Gasteiger partial charge in [-0.3, -0.25) is 9.59 Å². The topological polar surface area (TPSA) is 393 Å². The zero-order valence-electron chi connectivity index (χ0n) is 30.8. The molecular formula is C36H43O24+. The Morgan fingerprint density at radius 3 is 1.83 bits per heavy atom. The van der Waals surface area contributed by atoms with Crippen molar-refractivity contribution >= 4 is 22.9 Å². The van der Waals surface area contributed by atoms with Crippen LogP contribution in [0.1, 0.15) is 6.42 Å². The number of phenols is 3. The molecule has 3 fully saturated rings. The van der Waals surface area contributed by atoms with Gasteiger partial charge in [-0.25, -0.2) is 4.42 Å². The fourth-order valence-corrected chi connectivity index (χ4v) is 6.60. The van der Waals surface area contributed by atoms with Crippen molar-refractivity contribution in [1.82, 2.24) is 0 Å². The molecule has 4 heterocycles. The summed E-state index contributed by atoms with van der Waals surface area (Å²) in [7, 11) is 0. The van der Waals surface area contributed by atoms with E-state index in [4.69, 9.17) is 42.7 Å². The number of carbonyl (C=O) groups is 2. The molecule has 60 heavy (non-hydrogen) atoms. The number of aliphatic hydroxyl groups is 10. The van der Waals surface area contributed by atoms with Crippen LogP contribution < -0.4 is 9.47 Å². The van der Waals surface area contributed by atoms with Gasteiger partial charge in [0.1, 0.15) is 97.1 Å². The average molecular weight is 860 g/mol. The number of esters is 1. The Balaban J connectivity index is 1.44. The van der Waals surface area contributed by atoms with Gasteiger partial charge in [-0.15, -0.1) is 0 Å². The van der Waals surface area contributed by atoms with Crippen molar-refractivity contribution in [3.05, 3.63) is 36.4 Å². The summed E-state index contributed by atoms with van der Waals surface area (Å²) < 4.78 is 45.6. The summed E-state index contributed by atoms with van der Waals surface area (Å²) in [6.45, 7) is -2.57. The van der Waals surface area contributed by atoms with Crippen LogP contribution in [0.4, 0.5) is 0 Å². The highest BCUT2D eigenvalue weighted by Gasteiger charge is 2.52. The number of ether oxygens (including phenoxy) is 7. The van der Waals surface area contributed by atoms with Crippen LogP contribution in [0.2, 0.25) is 0 Å². The lowest BCUT2D eigenvalue weighted by Gasteiger charge is -2.45. The van der Waals surface area contributed by atoms with Crippen LogP contribution in [0.15, 0.2) is 40.8 Å². The molecule has 15 atom stereocenters. The van der Waals surface area contributed by atoms with E-state index in [1.165, 1.54) is 6.07 Å². The van der Waals surface area contributed by atoms with Gasteiger partial charge in [0.2, 0.25) is 18.3 Å². The van der Waals surface area contributed by atoms with E-state index < -0.39 is 153 Å². The molecule has 24 nitrogen and oxygen atoms in total. The second-order valence-electron chi connectivity index (χ2n) is 14.0. The first-order valence-corrected chi connectivity index (χ1v) is 18.1. The Bertz CT molecular complexity index is 1990. The molecule has 0 amide bonds. The summed E-state index contributed by atoms with van der Waals surface area (Å²) in [6.07, 6.45) is -29.0. The van der Waals surface area contributed by atoms with Crippen molar-refractivity contribution in [3.8, 4) is 40.1 Å². The van der Waals surface area contributed by atoms with Gasteiger partial charge in [0.15, 0.2) is 23.9 Å². The van der Waals surface area contributed by atoms with Gasteiger partial charge in [0, 0.05) is 18.2 Å². The van der Waals surface area contributed by atoms with Crippen LogP contribution in [-0.2, 0) is 33.3 Å². The Morgan fingerprint density at radius 1 is 0.633 bits per heavy atom. The highest BCUT2D eigenvalue weighted by atomic mass is 16.8. The molecule has 3 aliphatic rings. The Kier molecular flexibility index (Phi) is 13.8. The molecule has 0 spiro atoms. The van der Waals surface area contributed by atoms with E-state index in [9.17, 15) is 76.0 Å². The molecule has 2 aromatic carbocycles. The van der Waals surface area contributed by atoms with Crippen molar-refractivity contribution < 1.29 is 119 Å². The number of aromatic hydroxyl groups is 3. The number of aliphatic carboxylic acids is 1. The molecule has 14 N–H and O–H groups in total. The number of carboxylic acid groups (broad SMARTS) is 1. The standard InChI is InChI=1S/C36H42O24/c37-8-19-24(45)27(48)30(51)34(57-19)55-17-5-12(39)4-16-13(17)6-18(32(54-16)11-1-2-14(40)15(41)3-11)56-36-33(60-35-31(52)28(49)25(46)20(9-38)58-35)29(50)26(47)21(59-36)10-53-23(44)7-22(42)43/h1-6,19-21,24-31,33-38,45-52H,7-10H2,(H3-,39,40,41,42,43)/p+1. The number of carboxylic acids is 1. The lowest BCUT2D eigenvalue weighted by Crippen LogP contribution is -2.65. The van der Waals surface area contributed by atoms with Crippen LogP contribution in [0.25, 0.3) is 22.3 Å². The van der Waals surface area contributed by atoms with Crippen LogP contribution in [0.3, 0.4) is 0 Å². The summed E-state index contributed by atoms with van der Waals surface area (Å²) in [5, 5.41) is 145. The van der Waals surface area contributed by atoms with Crippen LogP contribution in [0, 0.1) is 0 Å². The zero-order chi connectivity index (χ0) is 43.7. The average Bonchev–Trinajstić information content (AvgIpc) is 3.20. The first-order chi connectivity index (χ1) is 28.4. The number of aliphatic hydroxyl groups excluding tert-OH is 10. The monoisotopic (exact) mass is 859 g/mol. The molecule has 0 aliphatic carbocycles. The van der Waals surface area contributed by atoms with Crippen molar-refractivity contribution in [2.75, 3.05) is 19.8 Å². The highest BCUT2D eigenvalue weighted by molar-refractivity contribution is 5.90. The molecule has 6 rings (SSSR count). The van der Waals surface area contributed by atoms with E-state index in [1.807, 2.05) is 0 Å². The molecule has 0 radical (unpaired) electrons. The molecule has 24 heteroatoms. The van der Waals surface area contributed by atoms with Crippen molar-refractivity contribution in [2.45, 2.75) is 98.5 Å². The molecular weight excluding hydrogens is 816 g/mol. The van der Waals surface area contributed by atoms with Gasteiger partial charge in [0.05, 0.1) is 24.8 Å². The van der Waals surface area contributed by atoms with Gasteiger partial charge in [-0.1, -0.05) is 0 Å². The second kappa shape index (κ2) is 18.5. The van der Waals surface area contributed by atoms with Crippen LogP contribution >= 0.6 is 0 Å². The summed E-state index contributed by atoms with van der Waals surface area (Å²) in [4.78, 5) is 23.1. The van der Waals surface area contributed by atoms with E-state index in [0.717, 1.165) is 30.3 Å². The van der Waals surface area contributed by atoms with Gasteiger partial charge < -0.3 is 105 Å². The third-order valence-electron chi connectivity index (χ3n) is 9.86. The number of hydrogen-bond acceptors (Lipinski definition) is 22. The first-order valence-electron chi connectivity index (χ1n) is 18.1. The smallest absolute Gasteiger partial charge is 0.402 e. The molecule has 330 valence electrons. The third kappa shape index (κ3) is 9.26. The van der Waals surface area contributed by atoms with Crippen LogP contribution in [-0.4, -0.2) is 195 Å². The minimum atomic E-state index is -2.13. The highest BCUT2D eigenvalue weighted by Crippen LogP contribution is 2.43. The molecule has 3 aliphatic heterocycles. The molecule has 3 saturated heterocycles. The number of carbonyl (C=O) groups excluding carboxylic acids is 1. The Morgan fingerprint density at radius 2 is 1.22 bits per heavy atom. The summed E-state index contributed by atoms with van der Waals surface area (Å²) in [5.74, 6) is -5.64. The summed E-state index contributed by atoms with van der Waals surface area (Å²) in [6, 6.07) is 6.59. The van der Waals surface area contributed by atoms with Gasteiger partial charge in [-0.2, -0.15) is 0 Å². The normalized spacial score (nSPS) is 34.5. The third-order valence-corrected chi connectivity index (χ3v) is 9.86. The van der Waals surface area contributed by atoms with E-state index in [0.29, 0.717) is 0 Å². The number of phenolic OH excluding ortho intramolecular Hbond substituents is 3. The fraction of sp³-hybridized carbons (Fsp3) is 0.528. The minimum absolute atomic E-state index is 0.0381. The summed E-state index contributed by atoms with van der Waals surface area (Å²) in [5.41, 5.74) is -0.245. The molecule has 0 saturated carbocycles. The molecule has 15 unspecified atom stereocenters. The zero-order valence-corrected chi connectivity index (χ0v) is 30.8. The number of hydrogen-bond donors (Lipinski definition) is 14. The quantitative estimate of drug-likeness (QED) is 0.0335. The lowest BCUT2D eigenvalue weighted by atomic mass is 9.97. The van der Waals surface area contributed by atoms with Crippen molar-refractivity contribution in [2.24, 2.45) is 0 Å². The lowest BCUT2D eigenvalue weighted by molar-refractivity contribution is -0.358. The van der Waals surface area contributed by atoms with E-state index in [-0.39, 0.29) is 28.0 Å². The number of benzene rings is 2. The van der Waals surface area contributed by atoms with Crippen molar-refractivity contribution in [1.29, 1.82) is 0 Å². The number of rotatable bonds is 13. The fourth-order valence-electron chi connectivity index (χ4n) is 6.60. The SMILES string of the molecule is O=C(O)CC(=O)OCC1OC(Oc2cc3c(OC4OC(CO)C(O)C(O)C4O)cc(O)cc3[o+]c2-c2ccc(O)c(O)c2)C(OC2OC(CO)C(O)C(O)C2O)C(O)C1O. The van der Waals surface area contributed by atoms with E-state index >= 15 is 0 Å². The first kappa shape index (κ1) is 44.8. The Labute approximate surface area is 336 Å². The van der Waals surface area contributed by atoms with E-state index in [1.54, 1.807) is 0 Å². The Hall–Kier alpha value is -4.77. The minimum Gasteiger partial charge on any atom is -0.507 e. The van der Waals surface area contributed by atoms with Gasteiger partial charge >= 0.3 is 23.3 Å². The van der Waals surface area contributed by atoms with Crippen LogP contribution in [0.5, 0.6) is 28.7 Å². The van der Waals surface area contributed by atoms with Gasteiger partial charge in [0.25, 0.3) is 0 Å². The maximum absolute atomic E-state index is 12.1. The molecule has 0 bridgehead atoms. The maximum atomic E-state index is 12.1. The predicted molar refractivity (Wildman–Crippen MR) is 189 cm³/mol. The molecule has 3 aromatic rings. The predicted octanol–water partition coefficient (Wildman–Crippen LogP) is -4.30. The van der Waals surface area contributed by atoms with Gasteiger partial charge in [-0.05, 0) is 12.1 Å².